The molecule has 1 fully saturated rings. The number of benzene rings is 4. The highest BCUT2D eigenvalue weighted by Gasteiger charge is 2.40. The van der Waals surface area contributed by atoms with Gasteiger partial charge in [0.25, 0.3) is 11.8 Å². The Labute approximate surface area is 279 Å². The van der Waals surface area contributed by atoms with Crippen LogP contribution in [-0.2, 0) is 14.4 Å². The quantitative estimate of drug-likeness (QED) is 0.129. The molecule has 2 aliphatic heterocycles. The van der Waals surface area contributed by atoms with E-state index >= 15 is 0 Å². The van der Waals surface area contributed by atoms with Crippen LogP contribution in [0.15, 0.2) is 102 Å². The molecule has 6 rings (SSSR count). The van der Waals surface area contributed by atoms with Gasteiger partial charge in [0.05, 0.1) is 18.0 Å². The highest BCUT2D eigenvalue weighted by atomic mass is 32.2. The van der Waals surface area contributed by atoms with Gasteiger partial charge in [0.2, 0.25) is 24.4 Å². The zero-order valence-corrected chi connectivity index (χ0v) is 26.7. The Morgan fingerprint density at radius 3 is 2.42 bits per heavy atom. The first-order chi connectivity index (χ1) is 23.2. The lowest BCUT2D eigenvalue weighted by molar-refractivity contribution is -0.121. The Balaban J connectivity index is 1.21. The van der Waals surface area contributed by atoms with E-state index in [1.54, 1.807) is 91.0 Å². The van der Waals surface area contributed by atoms with Crippen LogP contribution in [0.5, 0.6) is 17.2 Å². The third kappa shape index (κ3) is 6.93. The van der Waals surface area contributed by atoms with Crippen LogP contribution in [-0.4, -0.2) is 48.6 Å². The molecule has 1 saturated heterocycles. The summed E-state index contributed by atoms with van der Waals surface area (Å²) in [5.41, 5.74) is 2.11. The van der Waals surface area contributed by atoms with Gasteiger partial charge in [0.15, 0.2) is 17.3 Å². The molecule has 0 aromatic heterocycles. The summed E-state index contributed by atoms with van der Waals surface area (Å²) in [4.78, 5) is 66.3. The number of ether oxygens (including phenoxy) is 3. The van der Waals surface area contributed by atoms with E-state index in [4.69, 9.17) is 14.2 Å². The van der Waals surface area contributed by atoms with Crippen molar-refractivity contribution in [1.29, 1.82) is 0 Å². The summed E-state index contributed by atoms with van der Waals surface area (Å²) in [5, 5.41) is 4.85. The second-order valence-corrected chi connectivity index (χ2v) is 12.1. The van der Waals surface area contributed by atoms with Gasteiger partial charge >= 0.3 is 0 Å². The number of carbonyl (C=O) groups is 5. The topological polar surface area (TPSA) is 140 Å². The molecule has 2 N–H and O–H groups in total. The molecular formula is C36H29N3O8S. The molecule has 0 radical (unpaired) electrons. The largest absolute Gasteiger partial charge is 0.493 e. The van der Waals surface area contributed by atoms with Crippen molar-refractivity contribution in [2.45, 2.75) is 23.5 Å². The lowest BCUT2D eigenvalue weighted by atomic mass is 10.1. The molecule has 0 saturated carbocycles. The minimum absolute atomic E-state index is 0.00799. The predicted octanol–water partition coefficient (Wildman–Crippen LogP) is 5.46. The van der Waals surface area contributed by atoms with Crippen LogP contribution in [0, 0.1) is 0 Å². The third-order valence-corrected chi connectivity index (χ3v) is 8.71. The SMILES string of the molecule is COc1cc(C=C(NC(=O)c2ccccc2)C(=O)Nc2cccc(SC3CC(=O)N(c4ccc(C(C)=O)cc4)C3=O)c2)cc2c1OCO2. The van der Waals surface area contributed by atoms with E-state index in [-0.39, 0.29) is 36.5 Å². The number of nitrogens with zero attached hydrogens (tertiary/aromatic N) is 1. The number of carbonyl (C=O) groups excluding carboxylic acids is 5. The molecule has 1 atom stereocenters. The van der Waals surface area contributed by atoms with Crippen LogP contribution in [0.25, 0.3) is 6.08 Å². The van der Waals surface area contributed by atoms with Crippen LogP contribution in [0.4, 0.5) is 11.4 Å². The van der Waals surface area contributed by atoms with Crippen molar-refractivity contribution in [3.63, 3.8) is 0 Å². The fraction of sp³-hybridized carbons (Fsp3) is 0.139. The molecule has 4 amide bonds. The van der Waals surface area contributed by atoms with E-state index in [1.165, 1.54) is 31.9 Å². The average Bonchev–Trinajstić information content (AvgIpc) is 3.67. The summed E-state index contributed by atoms with van der Waals surface area (Å²) in [7, 11) is 1.49. The van der Waals surface area contributed by atoms with Crippen LogP contribution in [0.1, 0.15) is 39.6 Å². The van der Waals surface area contributed by atoms with Crippen molar-refractivity contribution >= 4 is 58.6 Å². The predicted molar refractivity (Wildman–Crippen MR) is 179 cm³/mol. The van der Waals surface area contributed by atoms with E-state index in [9.17, 15) is 24.0 Å². The first kappa shape index (κ1) is 32.1. The molecule has 4 aromatic carbocycles. The number of amides is 4. The van der Waals surface area contributed by atoms with Crippen LogP contribution in [0.2, 0.25) is 0 Å². The Bertz CT molecular complexity index is 1960. The van der Waals surface area contributed by atoms with Crippen molar-refractivity contribution in [3.8, 4) is 17.2 Å². The van der Waals surface area contributed by atoms with Gasteiger partial charge in [-0.15, -0.1) is 11.8 Å². The maximum atomic E-state index is 13.7. The monoisotopic (exact) mass is 663 g/mol. The van der Waals surface area contributed by atoms with Gasteiger partial charge in [0, 0.05) is 28.1 Å². The molecule has 0 spiro atoms. The number of nitrogens with one attached hydrogen (secondary N) is 2. The van der Waals surface area contributed by atoms with Gasteiger partial charge in [-0.25, -0.2) is 4.90 Å². The number of hydrogen-bond acceptors (Lipinski definition) is 9. The Morgan fingerprint density at radius 2 is 1.69 bits per heavy atom. The van der Waals surface area contributed by atoms with Crippen molar-refractivity contribution in [3.05, 3.63) is 113 Å². The average molecular weight is 664 g/mol. The first-order valence-corrected chi connectivity index (χ1v) is 15.7. The Morgan fingerprint density at radius 1 is 0.917 bits per heavy atom. The number of methoxy groups -OCH3 is 1. The van der Waals surface area contributed by atoms with E-state index in [0.717, 1.165) is 4.90 Å². The zero-order chi connectivity index (χ0) is 33.8. The summed E-state index contributed by atoms with van der Waals surface area (Å²) < 4.78 is 16.4. The molecule has 48 heavy (non-hydrogen) atoms. The zero-order valence-electron chi connectivity index (χ0n) is 25.9. The summed E-state index contributed by atoms with van der Waals surface area (Å²) in [6.07, 6.45) is 1.49. The molecule has 242 valence electrons. The maximum absolute atomic E-state index is 13.7. The number of thioether (sulfide) groups is 1. The molecule has 4 aromatic rings. The number of ketones is 1. The molecule has 2 heterocycles. The molecule has 0 aliphatic carbocycles. The minimum atomic E-state index is -0.683. The van der Waals surface area contributed by atoms with E-state index in [0.29, 0.717) is 50.2 Å². The van der Waals surface area contributed by atoms with Crippen LogP contribution in [0.3, 0.4) is 0 Å². The van der Waals surface area contributed by atoms with E-state index < -0.39 is 17.1 Å². The first-order valence-electron chi connectivity index (χ1n) is 14.8. The molecule has 11 nitrogen and oxygen atoms in total. The lowest BCUT2D eigenvalue weighted by Crippen LogP contribution is -2.31. The molecule has 2 aliphatic rings. The summed E-state index contributed by atoms with van der Waals surface area (Å²) in [5.74, 6) is -0.642. The van der Waals surface area contributed by atoms with Crippen molar-refractivity contribution in [1.82, 2.24) is 5.32 Å². The van der Waals surface area contributed by atoms with Crippen molar-refractivity contribution in [2.24, 2.45) is 0 Å². The smallest absolute Gasteiger partial charge is 0.272 e. The Kier molecular flexibility index (Phi) is 9.26. The van der Waals surface area contributed by atoms with Crippen molar-refractivity contribution < 1.29 is 38.2 Å². The van der Waals surface area contributed by atoms with E-state index in [2.05, 4.69) is 10.6 Å². The number of fused-ring (bicyclic) bond motifs is 1. The van der Waals surface area contributed by atoms with E-state index in [1.807, 2.05) is 0 Å². The summed E-state index contributed by atoms with van der Waals surface area (Å²) in [6.45, 7) is 1.47. The normalized spacial score (nSPS) is 15.3. The van der Waals surface area contributed by atoms with Gasteiger partial charge < -0.3 is 24.8 Å². The lowest BCUT2D eigenvalue weighted by Gasteiger charge is -2.15. The van der Waals surface area contributed by atoms with Gasteiger partial charge in [-0.05, 0) is 85.3 Å². The fourth-order valence-corrected chi connectivity index (χ4v) is 6.28. The van der Waals surface area contributed by atoms with Gasteiger partial charge in [-0.1, -0.05) is 24.3 Å². The Hall–Kier alpha value is -5.88. The van der Waals surface area contributed by atoms with Crippen LogP contribution >= 0.6 is 11.8 Å². The molecule has 1 unspecified atom stereocenters. The number of Topliss-reactive ketones (excluding diaryl/α,β-unsaturated/α-hetero) is 1. The van der Waals surface area contributed by atoms with Gasteiger partial charge in [-0.3, -0.25) is 24.0 Å². The van der Waals surface area contributed by atoms with Crippen molar-refractivity contribution in [2.75, 3.05) is 24.1 Å². The highest BCUT2D eigenvalue weighted by molar-refractivity contribution is 8.00. The minimum Gasteiger partial charge on any atom is -0.493 e. The second kappa shape index (κ2) is 13.9. The molecule has 12 heteroatoms. The van der Waals surface area contributed by atoms with Gasteiger partial charge in [-0.2, -0.15) is 0 Å². The standard InChI is InChI=1S/C36H29N3O8S/c1-21(40)23-11-13-26(14-12-23)39-32(41)19-31(36(39)44)48-27-10-6-9-25(18-27)37-35(43)28(38-34(42)24-7-4-3-5-8-24)15-22-16-29(45-2)33-30(17-22)46-20-47-33/h3-18,31H,19-20H2,1-2H3,(H,37,43)(H,38,42). The summed E-state index contributed by atoms with van der Waals surface area (Å²) in [6, 6.07) is 25.0. The number of hydrogen-bond donors (Lipinski definition) is 2. The number of anilines is 2. The maximum Gasteiger partial charge on any atom is 0.272 e. The molecule has 0 bridgehead atoms. The van der Waals surface area contributed by atoms with Gasteiger partial charge in [0.1, 0.15) is 5.70 Å². The van der Waals surface area contributed by atoms with Crippen LogP contribution < -0.4 is 29.7 Å². The number of imide groups is 1. The third-order valence-electron chi connectivity index (χ3n) is 7.53. The second-order valence-electron chi connectivity index (χ2n) is 10.8. The molecular weight excluding hydrogens is 634 g/mol. The number of rotatable bonds is 10. The fourth-order valence-electron chi connectivity index (χ4n) is 5.16. The highest BCUT2D eigenvalue weighted by Crippen LogP contribution is 2.42. The summed E-state index contributed by atoms with van der Waals surface area (Å²) >= 11 is 1.20.